The van der Waals surface area contributed by atoms with Crippen molar-refractivity contribution in [2.24, 2.45) is 5.73 Å². The lowest BCUT2D eigenvalue weighted by Crippen LogP contribution is -2.16. The molecule has 0 fully saturated rings. The van der Waals surface area contributed by atoms with Crippen molar-refractivity contribution in [3.8, 4) is 17.0 Å². The van der Waals surface area contributed by atoms with Gasteiger partial charge in [0.25, 0.3) is 0 Å². The second-order valence-electron chi connectivity index (χ2n) is 7.31. The number of fused-ring (bicyclic) bond motifs is 1. The van der Waals surface area contributed by atoms with Crippen LogP contribution < -0.4 is 10.5 Å². The topological polar surface area (TPSA) is 48.1 Å². The molecule has 2 heterocycles. The van der Waals surface area contributed by atoms with E-state index in [1.807, 2.05) is 36.4 Å². The first kappa shape index (κ1) is 18.6. The fourth-order valence-corrected chi connectivity index (χ4v) is 3.70. The van der Waals surface area contributed by atoms with Crippen LogP contribution in [-0.2, 0) is 0 Å². The highest BCUT2D eigenvalue weighted by atomic mass is 19.1. The summed E-state index contributed by atoms with van der Waals surface area (Å²) < 4.78 is 34.3. The van der Waals surface area contributed by atoms with Crippen molar-refractivity contribution in [3.05, 3.63) is 82.5 Å². The van der Waals surface area contributed by atoms with Gasteiger partial charge in [-0.1, -0.05) is 37.3 Å². The molecule has 2 atom stereocenters. The third kappa shape index (κ3) is 3.16. The average molecular weight is 380 g/mol. The molecule has 5 heteroatoms. The van der Waals surface area contributed by atoms with Crippen LogP contribution in [0.5, 0.6) is 5.75 Å². The second kappa shape index (κ2) is 7.32. The van der Waals surface area contributed by atoms with Crippen molar-refractivity contribution < 1.29 is 13.5 Å². The number of pyridine rings is 1. The fraction of sp³-hybridized carbons (Fsp3) is 0.261. The van der Waals surface area contributed by atoms with E-state index >= 15 is 0 Å². The lowest BCUT2D eigenvalue weighted by Gasteiger charge is -2.19. The molecule has 3 nitrogen and oxygen atoms in total. The van der Waals surface area contributed by atoms with Crippen LogP contribution in [0, 0.1) is 18.6 Å². The number of hydrogen-bond acceptors (Lipinski definition) is 3. The molecule has 1 aromatic heterocycles. The highest BCUT2D eigenvalue weighted by Gasteiger charge is 2.29. The first-order chi connectivity index (χ1) is 13.5. The van der Waals surface area contributed by atoms with Crippen molar-refractivity contribution in [2.45, 2.75) is 25.7 Å². The Kier molecular flexibility index (Phi) is 4.85. The smallest absolute Gasteiger partial charge is 0.149 e. The number of aryl methyl sites for hydroxylation is 1. The van der Waals surface area contributed by atoms with Gasteiger partial charge in [0.05, 0.1) is 12.3 Å². The van der Waals surface area contributed by atoms with Gasteiger partial charge in [0.15, 0.2) is 0 Å². The minimum atomic E-state index is -0.651. The van der Waals surface area contributed by atoms with E-state index in [4.69, 9.17) is 15.5 Å². The molecule has 2 unspecified atom stereocenters. The van der Waals surface area contributed by atoms with Gasteiger partial charge in [-0.2, -0.15) is 0 Å². The number of hydrogen-bond donors (Lipinski definition) is 1. The molecule has 2 aromatic carbocycles. The van der Waals surface area contributed by atoms with Crippen LogP contribution in [0.3, 0.4) is 0 Å². The first-order valence-corrected chi connectivity index (χ1v) is 9.38. The molecule has 1 aliphatic rings. The van der Waals surface area contributed by atoms with E-state index in [-0.39, 0.29) is 17.4 Å². The highest BCUT2D eigenvalue weighted by Crippen LogP contribution is 2.43. The van der Waals surface area contributed by atoms with E-state index in [0.717, 1.165) is 22.9 Å². The Morgan fingerprint density at radius 3 is 2.61 bits per heavy atom. The summed E-state index contributed by atoms with van der Waals surface area (Å²) in [5.41, 5.74) is 9.90. The van der Waals surface area contributed by atoms with Crippen molar-refractivity contribution >= 4 is 0 Å². The summed E-state index contributed by atoms with van der Waals surface area (Å²) in [6.07, 6.45) is 0. The maximum absolute atomic E-state index is 14.7. The molecule has 0 saturated heterocycles. The molecular weight excluding hydrogens is 358 g/mol. The average Bonchev–Trinajstić information content (AvgIpc) is 3.07. The maximum atomic E-state index is 14.7. The van der Waals surface area contributed by atoms with Crippen LogP contribution in [0.2, 0.25) is 0 Å². The molecule has 4 rings (SSSR count). The van der Waals surface area contributed by atoms with Crippen molar-refractivity contribution in [1.29, 1.82) is 0 Å². The zero-order chi connectivity index (χ0) is 19.8. The van der Waals surface area contributed by atoms with Gasteiger partial charge in [0.1, 0.15) is 23.1 Å². The van der Waals surface area contributed by atoms with Crippen LogP contribution in [0.15, 0.2) is 48.5 Å². The Bertz CT molecular complexity index is 1020. The zero-order valence-corrected chi connectivity index (χ0v) is 15.9. The quantitative estimate of drug-likeness (QED) is 0.699. The van der Waals surface area contributed by atoms with Gasteiger partial charge in [-0.15, -0.1) is 0 Å². The van der Waals surface area contributed by atoms with E-state index in [9.17, 15) is 8.78 Å². The third-order valence-corrected chi connectivity index (χ3v) is 5.33. The van der Waals surface area contributed by atoms with E-state index in [1.165, 1.54) is 6.07 Å². The number of halogens is 2. The largest absolute Gasteiger partial charge is 0.490 e. The van der Waals surface area contributed by atoms with Crippen LogP contribution in [0.1, 0.15) is 41.1 Å². The highest BCUT2D eigenvalue weighted by molar-refractivity contribution is 5.71. The molecule has 28 heavy (non-hydrogen) atoms. The Labute approximate surface area is 163 Å². The van der Waals surface area contributed by atoms with E-state index in [0.29, 0.717) is 30.2 Å². The molecule has 144 valence electrons. The molecule has 3 aromatic rings. The van der Waals surface area contributed by atoms with Gasteiger partial charge in [-0.3, -0.25) is 0 Å². The fourth-order valence-electron chi connectivity index (χ4n) is 3.70. The molecule has 2 N–H and O–H groups in total. The van der Waals surface area contributed by atoms with Crippen LogP contribution in [-0.4, -0.2) is 18.1 Å². The molecule has 0 amide bonds. The molecular formula is C23H22F2N2O. The van der Waals surface area contributed by atoms with E-state index in [1.54, 1.807) is 6.92 Å². The number of nitrogens with two attached hydrogens (primary N) is 1. The van der Waals surface area contributed by atoms with E-state index in [2.05, 4.69) is 6.92 Å². The molecule has 0 aliphatic carbocycles. The van der Waals surface area contributed by atoms with Gasteiger partial charge >= 0.3 is 0 Å². The van der Waals surface area contributed by atoms with Crippen molar-refractivity contribution in [3.63, 3.8) is 0 Å². The van der Waals surface area contributed by atoms with Crippen LogP contribution in [0.25, 0.3) is 11.3 Å². The Morgan fingerprint density at radius 1 is 1.14 bits per heavy atom. The van der Waals surface area contributed by atoms with Crippen LogP contribution >= 0.6 is 0 Å². The van der Waals surface area contributed by atoms with Gasteiger partial charge in [0.2, 0.25) is 0 Å². The molecule has 0 radical (unpaired) electrons. The van der Waals surface area contributed by atoms with Gasteiger partial charge in [0, 0.05) is 35.6 Å². The monoisotopic (exact) mass is 380 g/mol. The maximum Gasteiger partial charge on any atom is 0.149 e. The Hall–Kier alpha value is -2.79. The van der Waals surface area contributed by atoms with Crippen molar-refractivity contribution in [2.75, 3.05) is 13.2 Å². The molecule has 0 spiro atoms. The lowest BCUT2D eigenvalue weighted by molar-refractivity contribution is 0.337. The lowest BCUT2D eigenvalue weighted by atomic mass is 9.91. The van der Waals surface area contributed by atoms with Crippen LogP contribution in [0.4, 0.5) is 8.78 Å². The minimum absolute atomic E-state index is 0.123. The van der Waals surface area contributed by atoms with Crippen molar-refractivity contribution in [1.82, 2.24) is 4.98 Å². The van der Waals surface area contributed by atoms with Gasteiger partial charge in [-0.05, 0) is 30.2 Å². The number of ether oxygens (including phenoxy) is 1. The minimum Gasteiger partial charge on any atom is -0.490 e. The van der Waals surface area contributed by atoms with Gasteiger partial charge < -0.3 is 10.5 Å². The number of rotatable bonds is 4. The summed E-state index contributed by atoms with van der Waals surface area (Å²) in [6, 6.07) is 14.3. The third-order valence-electron chi connectivity index (χ3n) is 5.33. The summed E-state index contributed by atoms with van der Waals surface area (Å²) in [5, 5.41) is 0. The summed E-state index contributed by atoms with van der Waals surface area (Å²) in [5.74, 6) is -0.614. The normalized spacial score (nSPS) is 16.5. The molecule has 0 saturated carbocycles. The predicted molar refractivity (Wildman–Crippen MR) is 106 cm³/mol. The zero-order valence-electron chi connectivity index (χ0n) is 15.9. The standard InChI is InChI=1S/C23H22F2N2O/c1-13-8-17(20(25)10-19(13)24)22-23-16(14(2)12-28-23)9-21(27-22)18(11-26)15-6-4-3-5-7-15/h3-10,14,18H,11-12,26H2,1-2H3. The molecule has 1 aliphatic heterocycles. The van der Waals surface area contributed by atoms with E-state index < -0.39 is 11.6 Å². The molecule has 0 bridgehead atoms. The predicted octanol–water partition coefficient (Wildman–Crippen LogP) is 4.92. The number of aromatic nitrogens is 1. The van der Waals surface area contributed by atoms with Gasteiger partial charge in [-0.25, -0.2) is 13.8 Å². The SMILES string of the molecule is Cc1cc(-c2nc(C(CN)c3ccccc3)cc3c2OCC3C)c(F)cc1F. The summed E-state index contributed by atoms with van der Waals surface area (Å²) >= 11 is 0. The number of benzene rings is 2. The summed E-state index contributed by atoms with van der Waals surface area (Å²) in [4.78, 5) is 4.76. The summed E-state index contributed by atoms with van der Waals surface area (Å²) in [6.45, 7) is 4.55. The number of nitrogens with zero attached hydrogens (tertiary/aromatic N) is 1. The Balaban J connectivity index is 1.93. The Morgan fingerprint density at radius 2 is 1.89 bits per heavy atom. The summed E-state index contributed by atoms with van der Waals surface area (Å²) in [7, 11) is 0. The second-order valence-corrected chi connectivity index (χ2v) is 7.31. The first-order valence-electron chi connectivity index (χ1n) is 9.38.